The SMILES string of the molecule is [C-]#[N+]c1ccc(-c2nc3cc(C(F)(F)F)ccn3c2C)cc1. The second-order valence-electron chi connectivity index (χ2n) is 4.85. The van der Waals surface area contributed by atoms with E-state index in [1.165, 1.54) is 6.20 Å². The van der Waals surface area contributed by atoms with E-state index in [1.54, 1.807) is 35.6 Å². The summed E-state index contributed by atoms with van der Waals surface area (Å²) in [5.41, 5.74) is 2.15. The lowest BCUT2D eigenvalue weighted by molar-refractivity contribution is -0.137. The van der Waals surface area contributed by atoms with Gasteiger partial charge in [0.25, 0.3) is 0 Å². The van der Waals surface area contributed by atoms with E-state index in [0.29, 0.717) is 11.4 Å². The minimum atomic E-state index is -4.39. The van der Waals surface area contributed by atoms with Crippen molar-refractivity contribution in [2.75, 3.05) is 0 Å². The number of imidazole rings is 1. The smallest absolute Gasteiger partial charge is 0.304 e. The van der Waals surface area contributed by atoms with Gasteiger partial charge in [0.15, 0.2) is 5.69 Å². The lowest BCUT2D eigenvalue weighted by Crippen LogP contribution is -2.05. The Morgan fingerprint density at radius 3 is 2.41 bits per heavy atom. The molecule has 3 rings (SSSR count). The highest BCUT2D eigenvalue weighted by Crippen LogP contribution is 2.31. The van der Waals surface area contributed by atoms with Gasteiger partial charge < -0.3 is 4.40 Å². The molecule has 0 aliphatic carbocycles. The molecule has 110 valence electrons. The van der Waals surface area contributed by atoms with Gasteiger partial charge in [0.1, 0.15) is 5.65 Å². The summed E-state index contributed by atoms with van der Waals surface area (Å²) in [4.78, 5) is 7.61. The number of benzene rings is 1. The Bertz CT molecular complexity index is 884. The number of rotatable bonds is 1. The largest absolute Gasteiger partial charge is 0.416 e. The number of aryl methyl sites for hydroxylation is 1. The van der Waals surface area contributed by atoms with Gasteiger partial charge in [0, 0.05) is 11.9 Å². The minimum absolute atomic E-state index is 0.247. The predicted octanol–water partition coefficient (Wildman–Crippen LogP) is 4.88. The van der Waals surface area contributed by atoms with Crippen molar-refractivity contribution >= 4 is 11.3 Å². The lowest BCUT2D eigenvalue weighted by atomic mass is 10.1. The first-order valence-corrected chi connectivity index (χ1v) is 6.44. The molecule has 0 radical (unpaired) electrons. The monoisotopic (exact) mass is 301 g/mol. The molecule has 0 unspecified atom stereocenters. The van der Waals surface area contributed by atoms with Crippen LogP contribution in [-0.2, 0) is 6.18 Å². The van der Waals surface area contributed by atoms with E-state index in [1.807, 2.05) is 0 Å². The first-order valence-electron chi connectivity index (χ1n) is 6.44. The molecule has 0 atom stereocenters. The fraction of sp³-hybridized carbons (Fsp3) is 0.125. The molecular weight excluding hydrogens is 291 g/mol. The van der Waals surface area contributed by atoms with Crippen LogP contribution in [0.5, 0.6) is 0 Å². The van der Waals surface area contributed by atoms with Crippen LogP contribution in [0.4, 0.5) is 18.9 Å². The second kappa shape index (κ2) is 4.88. The normalized spacial score (nSPS) is 11.6. The number of hydrogen-bond donors (Lipinski definition) is 0. The third-order valence-electron chi connectivity index (χ3n) is 3.46. The van der Waals surface area contributed by atoms with Crippen molar-refractivity contribution in [2.45, 2.75) is 13.1 Å². The van der Waals surface area contributed by atoms with Crippen LogP contribution < -0.4 is 0 Å². The molecule has 3 aromatic rings. The highest BCUT2D eigenvalue weighted by Gasteiger charge is 2.31. The molecule has 0 aliphatic rings. The van der Waals surface area contributed by atoms with Gasteiger partial charge in [0.05, 0.1) is 17.8 Å². The number of pyridine rings is 1. The summed E-state index contributed by atoms with van der Waals surface area (Å²) in [6.45, 7) is 8.73. The zero-order chi connectivity index (χ0) is 15.9. The van der Waals surface area contributed by atoms with Crippen molar-refractivity contribution in [3.05, 3.63) is 65.3 Å². The maximum absolute atomic E-state index is 12.8. The Morgan fingerprint density at radius 1 is 1.14 bits per heavy atom. The van der Waals surface area contributed by atoms with Gasteiger partial charge in [-0.05, 0) is 24.6 Å². The van der Waals surface area contributed by atoms with Crippen LogP contribution in [-0.4, -0.2) is 9.38 Å². The first kappa shape index (κ1) is 14.1. The highest BCUT2D eigenvalue weighted by atomic mass is 19.4. The standard InChI is InChI=1S/C16H10F3N3/c1-10-15(11-3-5-13(20-2)6-4-11)21-14-9-12(16(17,18)19)7-8-22(10)14/h3-9H,1H3. The molecule has 6 heteroatoms. The van der Waals surface area contributed by atoms with E-state index in [0.717, 1.165) is 23.4 Å². The van der Waals surface area contributed by atoms with Crippen molar-refractivity contribution in [3.8, 4) is 11.3 Å². The Kier molecular flexibility index (Phi) is 3.14. The molecular formula is C16H10F3N3. The van der Waals surface area contributed by atoms with Crippen LogP contribution in [0, 0.1) is 13.5 Å². The van der Waals surface area contributed by atoms with Crippen LogP contribution in [0.1, 0.15) is 11.3 Å². The molecule has 1 aromatic carbocycles. The number of halogens is 3. The van der Waals surface area contributed by atoms with Gasteiger partial charge in [-0.1, -0.05) is 24.3 Å². The number of hydrogen-bond acceptors (Lipinski definition) is 1. The number of fused-ring (bicyclic) bond motifs is 1. The van der Waals surface area contributed by atoms with Gasteiger partial charge in [0.2, 0.25) is 0 Å². The Labute approximate surface area is 124 Å². The molecule has 0 amide bonds. The minimum Gasteiger partial charge on any atom is -0.304 e. The molecule has 0 saturated carbocycles. The molecule has 2 heterocycles. The van der Waals surface area contributed by atoms with E-state index >= 15 is 0 Å². The number of nitrogens with zero attached hydrogens (tertiary/aromatic N) is 3. The van der Waals surface area contributed by atoms with Crippen LogP contribution in [0.2, 0.25) is 0 Å². The van der Waals surface area contributed by atoms with Gasteiger partial charge in [-0.25, -0.2) is 9.83 Å². The summed E-state index contributed by atoms with van der Waals surface area (Å²) in [5.74, 6) is 0. The highest BCUT2D eigenvalue weighted by molar-refractivity contribution is 5.68. The summed E-state index contributed by atoms with van der Waals surface area (Å²) in [6.07, 6.45) is -3.02. The van der Waals surface area contributed by atoms with Crippen LogP contribution >= 0.6 is 0 Å². The number of aromatic nitrogens is 2. The molecule has 0 saturated heterocycles. The predicted molar refractivity (Wildman–Crippen MR) is 76.6 cm³/mol. The molecule has 0 spiro atoms. The fourth-order valence-electron chi connectivity index (χ4n) is 2.31. The van der Waals surface area contributed by atoms with Gasteiger partial charge in [-0.15, -0.1) is 0 Å². The van der Waals surface area contributed by atoms with Crippen LogP contribution in [0.3, 0.4) is 0 Å². The first-order chi connectivity index (χ1) is 10.4. The molecule has 0 bridgehead atoms. The molecule has 2 aromatic heterocycles. The maximum atomic E-state index is 12.8. The topological polar surface area (TPSA) is 21.7 Å². The Hall–Kier alpha value is -2.81. The second-order valence-corrected chi connectivity index (χ2v) is 4.85. The van der Waals surface area contributed by atoms with E-state index in [4.69, 9.17) is 6.57 Å². The van der Waals surface area contributed by atoms with Crippen molar-refractivity contribution in [3.63, 3.8) is 0 Å². The zero-order valence-electron chi connectivity index (χ0n) is 11.5. The fourth-order valence-corrected chi connectivity index (χ4v) is 2.31. The van der Waals surface area contributed by atoms with Crippen molar-refractivity contribution in [1.29, 1.82) is 0 Å². The van der Waals surface area contributed by atoms with Crippen LogP contribution in [0.25, 0.3) is 21.7 Å². The van der Waals surface area contributed by atoms with E-state index < -0.39 is 11.7 Å². The zero-order valence-corrected chi connectivity index (χ0v) is 11.5. The molecule has 22 heavy (non-hydrogen) atoms. The Balaban J connectivity index is 2.14. The van der Waals surface area contributed by atoms with Crippen molar-refractivity contribution in [2.24, 2.45) is 0 Å². The van der Waals surface area contributed by atoms with E-state index in [9.17, 15) is 13.2 Å². The average Bonchev–Trinajstić information content (AvgIpc) is 2.83. The van der Waals surface area contributed by atoms with Crippen LogP contribution in [0.15, 0.2) is 42.6 Å². The van der Waals surface area contributed by atoms with E-state index in [-0.39, 0.29) is 5.65 Å². The lowest BCUT2D eigenvalue weighted by Gasteiger charge is -2.06. The number of alkyl halides is 3. The average molecular weight is 301 g/mol. The third-order valence-corrected chi connectivity index (χ3v) is 3.46. The quantitative estimate of drug-likeness (QED) is 0.587. The van der Waals surface area contributed by atoms with Crippen molar-refractivity contribution < 1.29 is 13.2 Å². The molecule has 0 aliphatic heterocycles. The molecule has 0 N–H and O–H groups in total. The summed E-state index contributed by atoms with van der Waals surface area (Å²) < 4.78 is 39.9. The van der Waals surface area contributed by atoms with Gasteiger partial charge >= 0.3 is 6.18 Å². The Morgan fingerprint density at radius 2 is 1.82 bits per heavy atom. The summed E-state index contributed by atoms with van der Waals surface area (Å²) in [5, 5.41) is 0. The third kappa shape index (κ3) is 2.31. The van der Waals surface area contributed by atoms with E-state index in [2.05, 4.69) is 9.83 Å². The summed E-state index contributed by atoms with van der Waals surface area (Å²) >= 11 is 0. The summed E-state index contributed by atoms with van der Waals surface area (Å²) in [6, 6.07) is 8.87. The van der Waals surface area contributed by atoms with Gasteiger partial charge in [-0.2, -0.15) is 13.2 Å². The molecule has 3 nitrogen and oxygen atoms in total. The maximum Gasteiger partial charge on any atom is 0.416 e. The molecule has 0 fully saturated rings. The van der Waals surface area contributed by atoms with Crippen molar-refractivity contribution in [1.82, 2.24) is 9.38 Å². The summed E-state index contributed by atoms with van der Waals surface area (Å²) in [7, 11) is 0. The van der Waals surface area contributed by atoms with Gasteiger partial charge in [-0.3, -0.25) is 0 Å².